The molecule has 138 valence electrons. The normalized spacial score (nSPS) is 30.9. The minimum Gasteiger partial charge on any atom is -0.446 e. The quantitative estimate of drug-likeness (QED) is 0.707. The smallest absolute Gasteiger partial charge is 0.407 e. The highest BCUT2D eigenvalue weighted by atomic mass is 16.6. The van der Waals surface area contributed by atoms with Crippen molar-refractivity contribution in [3.8, 4) is 12.3 Å². The summed E-state index contributed by atoms with van der Waals surface area (Å²) < 4.78 is 5.54. The van der Waals surface area contributed by atoms with Gasteiger partial charge in [0, 0.05) is 29.1 Å². The number of aromatic nitrogens is 2. The molecule has 4 rings (SSSR count). The fourth-order valence-electron chi connectivity index (χ4n) is 3.57. The number of hydrogen-bond acceptors (Lipinski definition) is 4. The molecule has 3 fully saturated rings. The molecule has 0 unspecified atom stereocenters. The second-order valence-corrected chi connectivity index (χ2v) is 8.04. The van der Waals surface area contributed by atoms with Crippen molar-refractivity contribution in [2.24, 2.45) is 11.8 Å². The molecule has 7 nitrogen and oxygen atoms in total. The fraction of sp³-hybridized carbons (Fsp3) is 0.632. The number of hydrogen-bond donors (Lipinski definition) is 3. The van der Waals surface area contributed by atoms with E-state index in [1.54, 1.807) is 0 Å². The number of ether oxygens (including phenoxy) is 1. The van der Waals surface area contributed by atoms with Crippen molar-refractivity contribution in [2.75, 3.05) is 5.32 Å². The minimum absolute atomic E-state index is 0.0604. The van der Waals surface area contributed by atoms with Crippen LogP contribution >= 0.6 is 0 Å². The van der Waals surface area contributed by atoms with E-state index in [0.29, 0.717) is 5.82 Å². The summed E-state index contributed by atoms with van der Waals surface area (Å²) in [4.78, 5) is 24.0. The van der Waals surface area contributed by atoms with E-state index < -0.39 is 0 Å². The van der Waals surface area contributed by atoms with Crippen LogP contribution in [-0.2, 0) is 9.53 Å². The summed E-state index contributed by atoms with van der Waals surface area (Å²) >= 11 is 0. The number of alkyl carbamates (subject to hydrolysis) is 1. The van der Waals surface area contributed by atoms with Crippen LogP contribution in [0.5, 0.6) is 0 Å². The number of rotatable bonds is 5. The van der Waals surface area contributed by atoms with E-state index in [9.17, 15) is 9.59 Å². The lowest BCUT2D eigenvalue weighted by atomic mass is 10.0. The van der Waals surface area contributed by atoms with Gasteiger partial charge in [0.1, 0.15) is 6.10 Å². The van der Waals surface area contributed by atoms with Gasteiger partial charge in [-0.2, -0.15) is 5.10 Å². The first kappa shape index (κ1) is 17.0. The molecule has 1 heterocycles. The average molecular weight is 356 g/mol. The van der Waals surface area contributed by atoms with Gasteiger partial charge in [-0.1, -0.05) is 0 Å². The summed E-state index contributed by atoms with van der Waals surface area (Å²) in [5.41, 5.74) is 0.899. The van der Waals surface area contributed by atoms with Crippen molar-refractivity contribution >= 4 is 17.8 Å². The molecule has 0 saturated heterocycles. The number of H-pyrrole nitrogens is 1. The van der Waals surface area contributed by atoms with E-state index in [2.05, 4.69) is 26.8 Å². The van der Waals surface area contributed by atoms with Gasteiger partial charge in [0.05, 0.1) is 5.92 Å². The SMILES string of the molecule is C#C[C@H]1C[C@@H]1C(=O)Nc1cc([C@@H]2CC[C@H](OC(=O)NC3(C)CC3)C2)[nH]n1. The van der Waals surface area contributed by atoms with Crippen LogP contribution in [0.15, 0.2) is 6.07 Å². The number of aromatic amines is 1. The van der Waals surface area contributed by atoms with E-state index in [0.717, 1.165) is 44.2 Å². The Morgan fingerprint density at radius 3 is 2.88 bits per heavy atom. The zero-order valence-corrected chi connectivity index (χ0v) is 14.9. The maximum Gasteiger partial charge on any atom is 0.407 e. The Labute approximate surface area is 152 Å². The molecule has 0 radical (unpaired) electrons. The van der Waals surface area contributed by atoms with Crippen LogP contribution < -0.4 is 10.6 Å². The summed E-state index contributed by atoms with van der Waals surface area (Å²) in [6, 6.07) is 1.86. The van der Waals surface area contributed by atoms with Gasteiger partial charge in [-0.25, -0.2) is 4.79 Å². The lowest BCUT2D eigenvalue weighted by molar-refractivity contribution is -0.117. The van der Waals surface area contributed by atoms with Crippen LogP contribution in [0.1, 0.15) is 57.1 Å². The maximum absolute atomic E-state index is 12.0. The highest BCUT2D eigenvalue weighted by molar-refractivity contribution is 5.94. The average Bonchev–Trinajstić information content (AvgIpc) is 3.42. The molecule has 3 saturated carbocycles. The molecule has 3 N–H and O–H groups in total. The first-order valence-corrected chi connectivity index (χ1v) is 9.27. The lowest BCUT2D eigenvalue weighted by Crippen LogP contribution is -2.36. The first-order valence-electron chi connectivity index (χ1n) is 9.27. The molecule has 0 aromatic carbocycles. The number of carbonyl (C=O) groups is 2. The van der Waals surface area contributed by atoms with Crippen LogP contribution in [0.25, 0.3) is 0 Å². The Hall–Kier alpha value is -2.49. The summed E-state index contributed by atoms with van der Waals surface area (Å²) in [6.45, 7) is 2.03. The summed E-state index contributed by atoms with van der Waals surface area (Å²) in [5, 5.41) is 12.9. The van der Waals surface area contributed by atoms with Gasteiger partial charge in [0.15, 0.2) is 5.82 Å². The van der Waals surface area contributed by atoms with Gasteiger partial charge in [0.25, 0.3) is 0 Å². The summed E-state index contributed by atoms with van der Waals surface area (Å²) in [5.74, 6) is 3.29. The monoisotopic (exact) mass is 356 g/mol. The Bertz CT molecular complexity index is 761. The standard InChI is InChI=1S/C19H24N4O3/c1-3-11-9-14(11)17(24)20-16-10-15(22-23-16)12-4-5-13(8-12)26-18(25)21-19(2)6-7-19/h1,10-14H,4-9H2,2H3,(H,21,25)(H2,20,22,23,24)/t11-,12+,13-,14-/m0/s1. The molecular formula is C19H24N4O3. The third-order valence-electron chi connectivity index (χ3n) is 5.69. The second-order valence-electron chi connectivity index (χ2n) is 8.04. The zero-order chi connectivity index (χ0) is 18.3. The number of nitrogens with one attached hydrogen (secondary N) is 3. The highest BCUT2D eigenvalue weighted by Crippen LogP contribution is 2.39. The minimum atomic E-state index is -0.319. The molecule has 26 heavy (non-hydrogen) atoms. The molecule has 3 aliphatic carbocycles. The van der Waals surface area contributed by atoms with Crippen LogP contribution in [0.4, 0.5) is 10.6 Å². The van der Waals surface area contributed by atoms with Gasteiger partial charge >= 0.3 is 6.09 Å². The van der Waals surface area contributed by atoms with Gasteiger partial charge in [-0.3, -0.25) is 9.89 Å². The molecule has 2 amide bonds. The van der Waals surface area contributed by atoms with Crippen LogP contribution in [0.2, 0.25) is 0 Å². The van der Waals surface area contributed by atoms with E-state index in [4.69, 9.17) is 11.2 Å². The predicted molar refractivity (Wildman–Crippen MR) is 95.3 cm³/mol. The molecule has 3 aliphatic rings. The van der Waals surface area contributed by atoms with Crippen LogP contribution in [0.3, 0.4) is 0 Å². The third kappa shape index (κ3) is 3.69. The van der Waals surface area contributed by atoms with Gasteiger partial charge in [0.2, 0.25) is 5.91 Å². The Kier molecular flexibility index (Phi) is 4.14. The largest absolute Gasteiger partial charge is 0.446 e. The van der Waals surface area contributed by atoms with Crippen LogP contribution in [-0.4, -0.2) is 33.8 Å². The Balaban J connectivity index is 1.26. The van der Waals surface area contributed by atoms with Crippen molar-refractivity contribution in [3.63, 3.8) is 0 Å². The third-order valence-corrected chi connectivity index (χ3v) is 5.69. The van der Waals surface area contributed by atoms with E-state index in [-0.39, 0.29) is 41.4 Å². The Morgan fingerprint density at radius 2 is 2.19 bits per heavy atom. The van der Waals surface area contributed by atoms with E-state index in [1.807, 2.05) is 13.0 Å². The predicted octanol–water partition coefficient (Wildman–Crippen LogP) is 2.53. The topological polar surface area (TPSA) is 96.1 Å². The molecule has 0 spiro atoms. The van der Waals surface area contributed by atoms with Gasteiger partial charge in [-0.15, -0.1) is 12.3 Å². The van der Waals surface area contributed by atoms with Crippen molar-refractivity contribution in [2.45, 2.75) is 63.0 Å². The summed E-state index contributed by atoms with van der Waals surface area (Å²) in [7, 11) is 0. The molecule has 7 heteroatoms. The number of amides is 2. The van der Waals surface area contributed by atoms with Crippen molar-refractivity contribution in [1.82, 2.24) is 15.5 Å². The molecule has 4 atom stereocenters. The van der Waals surface area contributed by atoms with Crippen molar-refractivity contribution in [3.05, 3.63) is 11.8 Å². The summed E-state index contributed by atoms with van der Waals surface area (Å²) in [6.07, 6.45) is 10.2. The number of carbonyl (C=O) groups excluding carboxylic acids is 2. The number of nitrogens with zero attached hydrogens (tertiary/aromatic N) is 1. The first-order chi connectivity index (χ1) is 12.5. The number of anilines is 1. The molecular weight excluding hydrogens is 332 g/mol. The van der Waals surface area contributed by atoms with Crippen molar-refractivity contribution < 1.29 is 14.3 Å². The van der Waals surface area contributed by atoms with Gasteiger partial charge < -0.3 is 15.4 Å². The highest BCUT2D eigenvalue weighted by Gasteiger charge is 2.42. The van der Waals surface area contributed by atoms with Crippen molar-refractivity contribution in [1.29, 1.82) is 0 Å². The van der Waals surface area contributed by atoms with E-state index in [1.165, 1.54) is 0 Å². The Morgan fingerprint density at radius 1 is 1.38 bits per heavy atom. The molecule has 1 aromatic rings. The zero-order valence-electron chi connectivity index (χ0n) is 14.9. The number of terminal acetylenes is 1. The maximum atomic E-state index is 12.0. The molecule has 0 bridgehead atoms. The second kappa shape index (κ2) is 6.35. The molecule has 0 aliphatic heterocycles. The fourth-order valence-corrected chi connectivity index (χ4v) is 3.57. The molecule has 1 aromatic heterocycles. The van der Waals surface area contributed by atoms with E-state index >= 15 is 0 Å². The van der Waals surface area contributed by atoms with Crippen LogP contribution in [0, 0.1) is 24.2 Å². The van der Waals surface area contributed by atoms with Gasteiger partial charge in [-0.05, 0) is 45.4 Å². The lowest BCUT2D eigenvalue weighted by Gasteiger charge is -2.16.